The molecule has 2 aromatic carbocycles. The molecule has 0 radical (unpaired) electrons. The van der Waals surface area contributed by atoms with Gasteiger partial charge < -0.3 is 14.8 Å². The number of aromatic nitrogens is 1. The Morgan fingerprint density at radius 1 is 1.03 bits per heavy atom. The van der Waals surface area contributed by atoms with E-state index in [4.69, 9.17) is 9.47 Å². The summed E-state index contributed by atoms with van der Waals surface area (Å²) in [5, 5.41) is 7.36. The molecule has 3 rings (SSSR count). The van der Waals surface area contributed by atoms with E-state index in [2.05, 4.69) is 15.6 Å². The molecule has 7 nitrogen and oxygen atoms in total. The van der Waals surface area contributed by atoms with Gasteiger partial charge in [0.2, 0.25) is 5.91 Å². The van der Waals surface area contributed by atoms with E-state index in [0.717, 1.165) is 0 Å². The van der Waals surface area contributed by atoms with Gasteiger partial charge in [0, 0.05) is 29.5 Å². The summed E-state index contributed by atoms with van der Waals surface area (Å²) >= 11 is 1.21. The Balaban J connectivity index is 1.84. The van der Waals surface area contributed by atoms with Crippen LogP contribution in [0.5, 0.6) is 11.5 Å². The smallest absolute Gasteiger partial charge is 0.257 e. The summed E-state index contributed by atoms with van der Waals surface area (Å²) in [6.07, 6.45) is 0. The summed E-state index contributed by atoms with van der Waals surface area (Å²) in [4.78, 5) is 28.4. The van der Waals surface area contributed by atoms with Crippen molar-refractivity contribution in [1.82, 2.24) is 4.98 Å². The number of thiazole rings is 1. The molecule has 0 bridgehead atoms. The first-order valence-corrected chi connectivity index (χ1v) is 9.35. The minimum atomic E-state index is -0.478. The lowest BCUT2D eigenvalue weighted by atomic mass is 10.1. The predicted molar refractivity (Wildman–Crippen MR) is 109 cm³/mol. The predicted octanol–water partition coefficient (Wildman–Crippen LogP) is 4.18. The molecular formula is C20H18FN3O4S. The summed E-state index contributed by atoms with van der Waals surface area (Å²) in [6, 6.07) is 8.85. The summed E-state index contributed by atoms with van der Waals surface area (Å²) in [6.45, 7) is 1.34. The second-order valence-electron chi connectivity index (χ2n) is 5.96. The van der Waals surface area contributed by atoms with E-state index in [9.17, 15) is 14.0 Å². The Morgan fingerprint density at radius 2 is 1.72 bits per heavy atom. The molecule has 9 heteroatoms. The molecule has 2 N–H and O–H groups in total. The highest BCUT2D eigenvalue weighted by molar-refractivity contribution is 7.14. The van der Waals surface area contributed by atoms with Crippen LogP contribution in [0.15, 0.2) is 41.8 Å². The van der Waals surface area contributed by atoms with Crippen molar-refractivity contribution < 1.29 is 23.5 Å². The van der Waals surface area contributed by atoms with Crippen LogP contribution in [0.3, 0.4) is 0 Å². The fourth-order valence-corrected chi connectivity index (χ4v) is 3.30. The van der Waals surface area contributed by atoms with Gasteiger partial charge in [-0.15, -0.1) is 11.3 Å². The molecule has 1 aromatic heterocycles. The van der Waals surface area contributed by atoms with Crippen molar-refractivity contribution in [2.75, 3.05) is 24.9 Å². The van der Waals surface area contributed by atoms with Crippen LogP contribution >= 0.6 is 11.3 Å². The third kappa shape index (κ3) is 4.88. The van der Waals surface area contributed by atoms with E-state index in [1.807, 2.05) is 0 Å². The largest absolute Gasteiger partial charge is 0.497 e. The Kier molecular flexibility index (Phi) is 6.08. The zero-order valence-electron chi connectivity index (χ0n) is 15.9. The van der Waals surface area contributed by atoms with Crippen molar-refractivity contribution >= 4 is 34.0 Å². The standard InChI is InChI=1S/C20H18FN3O4S/c1-11(25)22-17-8-13(21)4-5-16(17)18-10-29-20(23-18)24-19(26)12-6-14(27-2)9-15(7-12)28-3/h4-10H,1-3H3,(H,22,25)(H,23,24,26). The van der Waals surface area contributed by atoms with Crippen LogP contribution in [0.1, 0.15) is 17.3 Å². The van der Waals surface area contributed by atoms with Gasteiger partial charge in [-0.25, -0.2) is 9.37 Å². The molecule has 150 valence electrons. The molecule has 0 aliphatic heterocycles. The van der Waals surface area contributed by atoms with Gasteiger partial charge in [0.1, 0.15) is 17.3 Å². The Bertz CT molecular complexity index is 1050. The number of carbonyl (C=O) groups excluding carboxylic acids is 2. The Hall–Kier alpha value is -3.46. The van der Waals surface area contributed by atoms with Gasteiger partial charge in [-0.3, -0.25) is 14.9 Å². The van der Waals surface area contributed by atoms with Gasteiger partial charge >= 0.3 is 0 Å². The van der Waals surface area contributed by atoms with Crippen molar-refractivity contribution in [1.29, 1.82) is 0 Å². The second-order valence-corrected chi connectivity index (χ2v) is 6.82. The van der Waals surface area contributed by atoms with Gasteiger partial charge in [-0.05, 0) is 30.3 Å². The molecule has 3 aromatic rings. The normalized spacial score (nSPS) is 10.3. The van der Waals surface area contributed by atoms with Gasteiger partial charge in [-0.2, -0.15) is 0 Å². The highest BCUT2D eigenvalue weighted by Gasteiger charge is 2.15. The van der Waals surface area contributed by atoms with Crippen LogP contribution in [0.25, 0.3) is 11.3 Å². The van der Waals surface area contributed by atoms with Crippen molar-refractivity contribution in [3.8, 4) is 22.8 Å². The van der Waals surface area contributed by atoms with E-state index in [1.165, 1.54) is 50.7 Å². The number of ether oxygens (including phenoxy) is 2. The lowest BCUT2D eigenvalue weighted by molar-refractivity contribution is -0.114. The number of carbonyl (C=O) groups is 2. The van der Waals surface area contributed by atoms with Crippen molar-refractivity contribution in [3.63, 3.8) is 0 Å². The van der Waals surface area contributed by atoms with Crippen LogP contribution < -0.4 is 20.1 Å². The molecule has 0 unspecified atom stereocenters. The summed E-state index contributed by atoms with van der Waals surface area (Å²) in [5.41, 5.74) is 1.69. The molecule has 0 spiro atoms. The van der Waals surface area contributed by atoms with Gasteiger partial charge in [0.25, 0.3) is 5.91 Å². The number of hydrogen-bond acceptors (Lipinski definition) is 6. The van der Waals surface area contributed by atoms with Crippen LogP contribution in [-0.2, 0) is 4.79 Å². The molecule has 1 heterocycles. The maximum atomic E-state index is 13.6. The SMILES string of the molecule is COc1cc(OC)cc(C(=O)Nc2nc(-c3ccc(F)cc3NC(C)=O)cs2)c1. The number of anilines is 2. The van der Waals surface area contributed by atoms with Crippen LogP contribution in [-0.4, -0.2) is 31.0 Å². The number of nitrogens with zero attached hydrogens (tertiary/aromatic N) is 1. The van der Waals surface area contributed by atoms with Gasteiger partial charge in [0.15, 0.2) is 5.13 Å². The first-order chi connectivity index (χ1) is 13.9. The lowest BCUT2D eigenvalue weighted by Crippen LogP contribution is -2.12. The van der Waals surface area contributed by atoms with E-state index in [0.29, 0.717) is 39.1 Å². The summed E-state index contributed by atoms with van der Waals surface area (Å²) < 4.78 is 23.9. The first kappa shape index (κ1) is 20.3. The van der Waals surface area contributed by atoms with Crippen molar-refractivity contribution in [2.45, 2.75) is 6.92 Å². The third-order valence-corrected chi connectivity index (χ3v) is 4.66. The summed E-state index contributed by atoms with van der Waals surface area (Å²) in [7, 11) is 3.00. The highest BCUT2D eigenvalue weighted by Crippen LogP contribution is 2.32. The van der Waals surface area contributed by atoms with E-state index < -0.39 is 5.82 Å². The van der Waals surface area contributed by atoms with Crippen LogP contribution in [0.2, 0.25) is 0 Å². The first-order valence-electron chi connectivity index (χ1n) is 8.47. The lowest BCUT2D eigenvalue weighted by Gasteiger charge is -2.09. The highest BCUT2D eigenvalue weighted by atomic mass is 32.1. The monoisotopic (exact) mass is 415 g/mol. The van der Waals surface area contributed by atoms with E-state index in [-0.39, 0.29) is 11.8 Å². The average Bonchev–Trinajstić information content (AvgIpc) is 3.15. The van der Waals surface area contributed by atoms with Crippen LogP contribution in [0, 0.1) is 5.82 Å². The van der Waals surface area contributed by atoms with Crippen molar-refractivity contribution in [3.05, 3.63) is 53.2 Å². The fourth-order valence-electron chi connectivity index (χ4n) is 2.60. The topological polar surface area (TPSA) is 89.6 Å². The second kappa shape index (κ2) is 8.70. The third-order valence-electron chi connectivity index (χ3n) is 3.91. The number of methoxy groups -OCH3 is 2. The number of rotatable bonds is 6. The molecule has 0 aliphatic rings. The Labute approximate surface area is 170 Å². The summed E-state index contributed by atoms with van der Waals surface area (Å²) in [5.74, 6) is -0.216. The number of benzene rings is 2. The van der Waals surface area contributed by atoms with Gasteiger partial charge in [0.05, 0.1) is 25.6 Å². The average molecular weight is 415 g/mol. The van der Waals surface area contributed by atoms with Crippen LogP contribution in [0.4, 0.5) is 15.2 Å². The zero-order chi connectivity index (χ0) is 21.0. The molecule has 0 aliphatic carbocycles. The number of hydrogen-bond donors (Lipinski definition) is 2. The zero-order valence-corrected chi connectivity index (χ0v) is 16.7. The minimum Gasteiger partial charge on any atom is -0.497 e. The quantitative estimate of drug-likeness (QED) is 0.631. The van der Waals surface area contributed by atoms with E-state index in [1.54, 1.807) is 23.6 Å². The maximum absolute atomic E-state index is 13.6. The number of amides is 2. The molecule has 29 heavy (non-hydrogen) atoms. The van der Waals surface area contributed by atoms with Crippen molar-refractivity contribution in [2.24, 2.45) is 0 Å². The molecular weight excluding hydrogens is 397 g/mol. The van der Waals surface area contributed by atoms with Gasteiger partial charge in [-0.1, -0.05) is 0 Å². The number of halogens is 1. The fraction of sp³-hybridized carbons (Fsp3) is 0.150. The molecule has 2 amide bonds. The Morgan fingerprint density at radius 3 is 2.34 bits per heavy atom. The maximum Gasteiger partial charge on any atom is 0.257 e. The van der Waals surface area contributed by atoms with E-state index >= 15 is 0 Å². The molecule has 0 atom stereocenters. The molecule has 0 saturated heterocycles. The number of nitrogens with one attached hydrogen (secondary N) is 2. The minimum absolute atomic E-state index is 0.304. The molecule has 0 saturated carbocycles. The molecule has 0 fully saturated rings.